The van der Waals surface area contributed by atoms with Crippen LogP contribution in [0.5, 0.6) is 0 Å². The van der Waals surface area contributed by atoms with Crippen LogP contribution in [0.3, 0.4) is 0 Å². The maximum absolute atomic E-state index is 12.0. The number of hydrogen-bond acceptors (Lipinski definition) is 3. The quantitative estimate of drug-likeness (QED) is 0.787. The van der Waals surface area contributed by atoms with Crippen LogP contribution in [0.1, 0.15) is 23.2 Å². The lowest BCUT2D eigenvalue weighted by atomic mass is 9.98. The minimum Gasteiger partial charge on any atom is -0.478 e. The molecule has 1 aromatic carbocycles. The third-order valence-corrected chi connectivity index (χ3v) is 3.44. The van der Waals surface area contributed by atoms with Gasteiger partial charge in [0.05, 0.1) is 22.2 Å². The highest BCUT2D eigenvalue weighted by Gasteiger charge is 2.25. The molecule has 1 fully saturated rings. The van der Waals surface area contributed by atoms with E-state index in [0.29, 0.717) is 12.8 Å². The molecular formula is C13H13ClN2O4. The summed E-state index contributed by atoms with van der Waals surface area (Å²) in [4.78, 5) is 34.0. The number of rotatable bonds is 3. The average Bonchev–Trinajstić information content (AvgIpc) is 2.41. The number of piperidine rings is 1. The summed E-state index contributed by atoms with van der Waals surface area (Å²) in [5.41, 5.74) is 0.301. The summed E-state index contributed by atoms with van der Waals surface area (Å²) in [6, 6.07) is 4.09. The fourth-order valence-electron chi connectivity index (χ4n) is 1.95. The first-order valence-corrected chi connectivity index (χ1v) is 6.45. The Morgan fingerprint density at radius 1 is 1.40 bits per heavy atom. The molecule has 6 nitrogen and oxygen atoms in total. The molecule has 2 rings (SSSR count). The van der Waals surface area contributed by atoms with Crippen LogP contribution in [-0.2, 0) is 9.59 Å². The Morgan fingerprint density at radius 2 is 2.15 bits per heavy atom. The smallest absolute Gasteiger partial charge is 0.335 e. The second-order valence-corrected chi connectivity index (χ2v) is 4.94. The topological polar surface area (TPSA) is 95.5 Å². The summed E-state index contributed by atoms with van der Waals surface area (Å²) < 4.78 is 0. The number of aromatic carboxylic acids is 1. The van der Waals surface area contributed by atoms with Crippen molar-refractivity contribution >= 4 is 35.1 Å². The highest BCUT2D eigenvalue weighted by molar-refractivity contribution is 6.33. The largest absolute Gasteiger partial charge is 0.478 e. The van der Waals surface area contributed by atoms with Crippen LogP contribution < -0.4 is 10.6 Å². The normalized spacial score (nSPS) is 18.2. The molecule has 7 heteroatoms. The Morgan fingerprint density at radius 3 is 2.75 bits per heavy atom. The summed E-state index contributed by atoms with van der Waals surface area (Å²) in [5, 5.41) is 14.4. The van der Waals surface area contributed by atoms with Crippen molar-refractivity contribution in [2.24, 2.45) is 5.92 Å². The van der Waals surface area contributed by atoms with Gasteiger partial charge in [-0.15, -0.1) is 0 Å². The number of carboxylic acid groups (broad SMARTS) is 1. The molecule has 1 aromatic rings. The molecule has 1 aliphatic heterocycles. The summed E-state index contributed by atoms with van der Waals surface area (Å²) in [6.07, 6.45) is 0.773. The highest BCUT2D eigenvalue weighted by Crippen LogP contribution is 2.24. The van der Waals surface area contributed by atoms with E-state index < -0.39 is 5.97 Å². The van der Waals surface area contributed by atoms with Gasteiger partial charge in [0.1, 0.15) is 0 Å². The predicted octanol–water partition coefficient (Wildman–Crippen LogP) is 1.50. The molecule has 1 atom stereocenters. The molecular weight excluding hydrogens is 284 g/mol. The molecule has 0 saturated carbocycles. The summed E-state index contributed by atoms with van der Waals surface area (Å²) in [6.45, 7) is 0.279. The molecule has 2 amide bonds. The van der Waals surface area contributed by atoms with Gasteiger partial charge in [0.25, 0.3) is 0 Å². The second kappa shape index (κ2) is 5.92. The van der Waals surface area contributed by atoms with Gasteiger partial charge in [0.2, 0.25) is 11.8 Å². The number of hydrogen-bond donors (Lipinski definition) is 3. The second-order valence-electron chi connectivity index (χ2n) is 4.53. The van der Waals surface area contributed by atoms with Crippen molar-refractivity contribution in [1.82, 2.24) is 5.32 Å². The Labute approximate surface area is 120 Å². The number of halogens is 1. The Kier molecular flexibility index (Phi) is 4.24. The molecule has 106 valence electrons. The van der Waals surface area contributed by atoms with E-state index >= 15 is 0 Å². The van der Waals surface area contributed by atoms with Gasteiger partial charge in [0, 0.05) is 13.0 Å². The maximum Gasteiger partial charge on any atom is 0.335 e. The van der Waals surface area contributed by atoms with Crippen molar-refractivity contribution in [3.8, 4) is 0 Å². The van der Waals surface area contributed by atoms with Crippen LogP contribution in [-0.4, -0.2) is 29.4 Å². The van der Waals surface area contributed by atoms with Crippen LogP contribution in [0, 0.1) is 5.92 Å². The molecule has 1 heterocycles. The van der Waals surface area contributed by atoms with E-state index in [0.717, 1.165) is 0 Å². The van der Waals surface area contributed by atoms with E-state index in [1.54, 1.807) is 0 Å². The lowest BCUT2D eigenvalue weighted by Crippen LogP contribution is -2.40. The number of benzene rings is 1. The zero-order valence-corrected chi connectivity index (χ0v) is 11.2. The molecule has 1 unspecified atom stereocenters. The van der Waals surface area contributed by atoms with Crippen LogP contribution in [0.15, 0.2) is 18.2 Å². The Bertz CT molecular complexity index is 563. The number of nitrogens with one attached hydrogen (secondary N) is 2. The van der Waals surface area contributed by atoms with Crippen LogP contribution in [0.2, 0.25) is 5.02 Å². The number of anilines is 1. The van der Waals surface area contributed by atoms with Gasteiger partial charge >= 0.3 is 5.97 Å². The fourth-order valence-corrected chi connectivity index (χ4v) is 2.11. The van der Waals surface area contributed by atoms with Crippen molar-refractivity contribution < 1.29 is 19.5 Å². The first-order chi connectivity index (χ1) is 9.47. The van der Waals surface area contributed by atoms with Gasteiger partial charge < -0.3 is 15.7 Å². The molecule has 1 saturated heterocycles. The monoisotopic (exact) mass is 296 g/mol. The Hall–Kier alpha value is -2.08. The molecule has 3 N–H and O–H groups in total. The number of carbonyl (C=O) groups excluding carboxylic acids is 2. The first kappa shape index (κ1) is 14.3. The first-order valence-electron chi connectivity index (χ1n) is 6.08. The molecule has 0 aromatic heterocycles. The van der Waals surface area contributed by atoms with Crippen molar-refractivity contribution in [1.29, 1.82) is 0 Å². The van der Waals surface area contributed by atoms with Gasteiger partial charge in [-0.25, -0.2) is 4.79 Å². The molecule has 0 aliphatic carbocycles. The Balaban J connectivity index is 2.09. The minimum absolute atomic E-state index is 0.0432. The van der Waals surface area contributed by atoms with Crippen molar-refractivity contribution in [2.75, 3.05) is 11.9 Å². The van der Waals surface area contributed by atoms with Crippen molar-refractivity contribution in [2.45, 2.75) is 12.8 Å². The van der Waals surface area contributed by atoms with Crippen LogP contribution in [0.4, 0.5) is 5.69 Å². The van der Waals surface area contributed by atoms with Gasteiger partial charge in [-0.2, -0.15) is 0 Å². The zero-order chi connectivity index (χ0) is 14.7. The molecule has 0 bridgehead atoms. The van der Waals surface area contributed by atoms with Crippen molar-refractivity contribution in [3.63, 3.8) is 0 Å². The van der Waals surface area contributed by atoms with Gasteiger partial charge in [-0.1, -0.05) is 11.6 Å². The lowest BCUT2D eigenvalue weighted by molar-refractivity contribution is -0.126. The van der Waals surface area contributed by atoms with E-state index in [1.165, 1.54) is 18.2 Å². The highest BCUT2D eigenvalue weighted by atomic mass is 35.5. The van der Waals surface area contributed by atoms with E-state index in [1.807, 2.05) is 0 Å². The molecule has 0 radical (unpaired) electrons. The van der Waals surface area contributed by atoms with E-state index in [9.17, 15) is 14.4 Å². The van der Waals surface area contributed by atoms with E-state index in [4.69, 9.17) is 16.7 Å². The van der Waals surface area contributed by atoms with Crippen LogP contribution >= 0.6 is 11.6 Å². The SMILES string of the molecule is O=C1CCC(C(=O)Nc2cc(C(=O)O)ccc2Cl)CN1. The van der Waals surface area contributed by atoms with Gasteiger partial charge in [0.15, 0.2) is 0 Å². The average molecular weight is 297 g/mol. The van der Waals surface area contributed by atoms with E-state index in [2.05, 4.69) is 10.6 Å². The van der Waals surface area contributed by atoms with Gasteiger partial charge in [-0.3, -0.25) is 9.59 Å². The lowest BCUT2D eigenvalue weighted by Gasteiger charge is -2.21. The number of carboxylic acids is 1. The standard InChI is InChI=1S/C13H13ClN2O4/c14-9-3-1-7(13(19)20)5-10(9)16-12(18)8-2-4-11(17)15-6-8/h1,3,5,8H,2,4,6H2,(H,15,17)(H,16,18)(H,19,20). The fraction of sp³-hybridized carbons (Fsp3) is 0.308. The summed E-state index contributed by atoms with van der Waals surface area (Å²) in [7, 11) is 0. The number of carbonyl (C=O) groups is 3. The van der Waals surface area contributed by atoms with E-state index in [-0.39, 0.29) is 40.6 Å². The molecule has 0 spiro atoms. The summed E-state index contributed by atoms with van der Waals surface area (Å²) in [5.74, 6) is -1.78. The predicted molar refractivity (Wildman–Crippen MR) is 72.8 cm³/mol. The zero-order valence-electron chi connectivity index (χ0n) is 10.5. The van der Waals surface area contributed by atoms with Crippen LogP contribution in [0.25, 0.3) is 0 Å². The molecule has 1 aliphatic rings. The third kappa shape index (κ3) is 3.27. The van der Waals surface area contributed by atoms with Crippen molar-refractivity contribution in [3.05, 3.63) is 28.8 Å². The maximum atomic E-state index is 12.0. The minimum atomic E-state index is -1.10. The molecule has 20 heavy (non-hydrogen) atoms. The van der Waals surface area contributed by atoms with Gasteiger partial charge in [-0.05, 0) is 24.6 Å². The summed E-state index contributed by atoms with van der Waals surface area (Å²) >= 11 is 5.93. The third-order valence-electron chi connectivity index (χ3n) is 3.11. The number of amides is 2.